The Balaban J connectivity index is 1.35. The topological polar surface area (TPSA) is 155 Å². The number of nitrogens with zero attached hydrogens (tertiary/aromatic N) is 5. The zero-order valence-corrected chi connectivity index (χ0v) is 25.1. The van der Waals surface area contributed by atoms with E-state index in [2.05, 4.69) is 0 Å². The molecule has 3 aliphatic heterocycles. The molecule has 1 saturated heterocycles. The highest BCUT2D eigenvalue weighted by Gasteiger charge is 2.45. The van der Waals surface area contributed by atoms with Gasteiger partial charge in [0.1, 0.15) is 12.4 Å². The van der Waals surface area contributed by atoms with Crippen molar-refractivity contribution in [2.75, 3.05) is 34.2 Å². The van der Waals surface area contributed by atoms with E-state index in [1.165, 1.54) is 9.80 Å². The maximum atomic E-state index is 13.5. The molecule has 6 rings (SSSR count). The van der Waals surface area contributed by atoms with Crippen LogP contribution in [0, 0.1) is 0 Å². The number of ether oxygens (including phenoxy) is 2. The zero-order valence-electron chi connectivity index (χ0n) is 25.1. The van der Waals surface area contributed by atoms with Crippen LogP contribution in [0.1, 0.15) is 48.4 Å². The van der Waals surface area contributed by atoms with Crippen molar-refractivity contribution in [3.63, 3.8) is 0 Å². The van der Waals surface area contributed by atoms with Crippen LogP contribution < -0.4 is 10.3 Å². The molecule has 0 bridgehead atoms. The zero-order chi connectivity index (χ0) is 31.5. The van der Waals surface area contributed by atoms with Gasteiger partial charge in [-0.2, -0.15) is 0 Å². The Kier molecular flexibility index (Phi) is 7.33. The molecule has 2 N–H and O–H groups in total. The molecule has 0 spiro atoms. The molecule has 13 heteroatoms. The van der Waals surface area contributed by atoms with E-state index in [-0.39, 0.29) is 42.3 Å². The summed E-state index contributed by atoms with van der Waals surface area (Å²) in [6, 6.07) is 6.97. The highest BCUT2D eigenvalue weighted by atomic mass is 16.6. The van der Waals surface area contributed by atoms with Crippen LogP contribution >= 0.6 is 0 Å². The van der Waals surface area contributed by atoms with E-state index >= 15 is 0 Å². The second-order valence-corrected chi connectivity index (χ2v) is 11.9. The van der Waals surface area contributed by atoms with Crippen LogP contribution in [-0.2, 0) is 34.8 Å². The van der Waals surface area contributed by atoms with Gasteiger partial charge in [0.15, 0.2) is 5.60 Å². The standard InChI is InChI=1S/C31H35N5O8/c1-5-31(42)22-13-24-26-17(14-36(24)27(37)21(22)16-43-28(31)38)12-19-20(15-33(2)3)25(7-6-23(19)32-26)44-30(41)34(4)18-8-10-35(11-9-18)29(39)40/h6-7,12-13,18,42H,5,8-11,14-16H2,1-4H3,(H,39,40)/t31-/m0/s1. The number of esters is 1. The number of hydrogen-bond acceptors (Lipinski definition) is 9. The van der Waals surface area contributed by atoms with E-state index in [0.717, 1.165) is 16.5 Å². The summed E-state index contributed by atoms with van der Waals surface area (Å²) in [7, 11) is 5.48. The van der Waals surface area contributed by atoms with E-state index in [9.17, 15) is 29.4 Å². The van der Waals surface area contributed by atoms with Gasteiger partial charge in [-0.05, 0) is 57.6 Å². The molecule has 13 nitrogen and oxygen atoms in total. The third-order valence-corrected chi connectivity index (χ3v) is 9.00. The van der Waals surface area contributed by atoms with Gasteiger partial charge >= 0.3 is 18.2 Å². The molecule has 3 aromatic rings. The predicted octanol–water partition coefficient (Wildman–Crippen LogP) is 2.71. The highest BCUT2D eigenvalue weighted by Crippen LogP contribution is 2.40. The van der Waals surface area contributed by atoms with Crippen molar-refractivity contribution in [1.29, 1.82) is 0 Å². The van der Waals surface area contributed by atoms with Crippen molar-refractivity contribution in [3.05, 3.63) is 56.9 Å². The molecule has 1 fully saturated rings. The Morgan fingerprint density at radius 1 is 1.16 bits per heavy atom. The van der Waals surface area contributed by atoms with Crippen LogP contribution in [0.25, 0.3) is 22.3 Å². The molecular formula is C31H35N5O8. The quantitative estimate of drug-likeness (QED) is 0.325. The van der Waals surface area contributed by atoms with E-state index in [4.69, 9.17) is 14.5 Å². The summed E-state index contributed by atoms with van der Waals surface area (Å²) in [5.41, 5.74) is 1.57. The Morgan fingerprint density at radius 2 is 1.89 bits per heavy atom. The molecule has 2 amide bonds. The van der Waals surface area contributed by atoms with Crippen LogP contribution in [0.3, 0.4) is 0 Å². The SMILES string of the molecule is CC[C@@]1(O)C(=O)OCc2c1cc1n(c2=O)Cc2cc3c(CN(C)C)c(OC(=O)N(C)C4CCN(C(=O)O)CC4)ccc3nc2-1. The average molecular weight is 606 g/mol. The molecule has 1 aromatic carbocycles. The van der Waals surface area contributed by atoms with Crippen LogP contribution in [-0.4, -0.2) is 92.9 Å². The van der Waals surface area contributed by atoms with Gasteiger partial charge in [-0.15, -0.1) is 0 Å². The number of benzene rings is 1. The molecular weight excluding hydrogens is 570 g/mol. The van der Waals surface area contributed by atoms with Gasteiger partial charge in [0, 0.05) is 54.8 Å². The molecule has 44 heavy (non-hydrogen) atoms. The summed E-state index contributed by atoms with van der Waals surface area (Å²) in [6.07, 6.45) is -0.383. The van der Waals surface area contributed by atoms with E-state index in [1.54, 1.807) is 36.7 Å². The van der Waals surface area contributed by atoms with Gasteiger partial charge < -0.3 is 39.0 Å². The predicted molar refractivity (Wildman–Crippen MR) is 158 cm³/mol. The summed E-state index contributed by atoms with van der Waals surface area (Å²) in [5.74, 6) is -0.382. The number of cyclic esters (lactones) is 1. The number of aliphatic hydroxyl groups is 1. The Bertz CT molecular complexity index is 1760. The number of pyridine rings is 2. The van der Waals surface area contributed by atoms with E-state index < -0.39 is 23.8 Å². The van der Waals surface area contributed by atoms with E-state index in [1.807, 2.05) is 25.1 Å². The Morgan fingerprint density at radius 3 is 2.55 bits per heavy atom. The van der Waals surface area contributed by atoms with Gasteiger partial charge in [0.25, 0.3) is 5.56 Å². The Hall–Kier alpha value is -4.49. The van der Waals surface area contributed by atoms with E-state index in [0.29, 0.717) is 55.1 Å². The first kappa shape index (κ1) is 29.6. The molecule has 0 radical (unpaired) electrons. The van der Waals surface area contributed by atoms with Crippen molar-refractivity contribution in [2.24, 2.45) is 0 Å². The van der Waals surface area contributed by atoms with Gasteiger partial charge in [-0.25, -0.2) is 19.4 Å². The minimum atomic E-state index is -1.90. The largest absolute Gasteiger partial charge is 0.465 e. The molecule has 5 heterocycles. The minimum Gasteiger partial charge on any atom is -0.465 e. The number of piperidine rings is 1. The number of likely N-dealkylation sites (tertiary alicyclic amines) is 1. The smallest absolute Gasteiger partial charge is 0.415 e. The third-order valence-electron chi connectivity index (χ3n) is 9.00. The average Bonchev–Trinajstić information content (AvgIpc) is 3.36. The fourth-order valence-corrected chi connectivity index (χ4v) is 6.43. The maximum absolute atomic E-state index is 13.5. The number of aromatic nitrogens is 2. The number of carboxylic acid groups (broad SMARTS) is 1. The van der Waals surface area contributed by atoms with Crippen molar-refractivity contribution in [3.8, 4) is 17.1 Å². The lowest BCUT2D eigenvalue weighted by molar-refractivity contribution is -0.172. The van der Waals surface area contributed by atoms with Crippen LogP contribution in [0.2, 0.25) is 0 Å². The lowest BCUT2D eigenvalue weighted by atomic mass is 9.86. The summed E-state index contributed by atoms with van der Waals surface area (Å²) in [4.78, 5) is 60.3. The normalized spacial score (nSPS) is 19.4. The molecule has 3 aliphatic rings. The Labute approximate surface area is 253 Å². The molecule has 2 aromatic heterocycles. The molecule has 1 atom stereocenters. The highest BCUT2D eigenvalue weighted by molar-refractivity contribution is 5.90. The molecule has 0 saturated carbocycles. The lowest BCUT2D eigenvalue weighted by Gasteiger charge is -2.35. The number of amides is 2. The lowest BCUT2D eigenvalue weighted by Crippen LogP contribution is -2.47. The van der Waals surface area contributed by atoms with Crippen molar-refractivity contribution in [2.45, 2.75) is 57.5 Å². The number of rotatable bonds is 5. The second kappa shape index (κ2) is 10.9. The number of hydrogen-bond donors (Lipinski definition) is 2. The maximum Gasteiger partial charge on any atom is 0.415 e. The first-order valence-electron chi connectivity index (χ1n) is 14.6. The summed E-state index contributed by atoms with van der Waals surface area (Å²) < 4.78 is 12.7. The van der Waals surface area contributed by atoms with Gasteiger partial charge in [-0.3, -0.25) is 4.79 Å². The summed E-state index contributed by atoms with van der Waals surface area (Å²) >= 11 is 0. The minimum absolute atomic E-state index is 0.0613. The fourth-order valence-electron chi connectivity index (χ4n) is 6.43. The van der Waals surface area contributed by atoms with Crippen LogP contribution in [0.15, 0.2) is 29.1 Å². The number of carbonyl (C=O) groups is 3. The van der Waals surface area contributed by atoms with Crippen molar-refractivity contribution in [1.82, 2.24) is 24.3 Å². The number of carbonyl (C=O) groups excluding carboxylic acids is 2. The van der Waals surface area contributed by atoms with Crippen molar-refractivity contribution >= 4 is 29.1 Å². The van der Waals surface area contributed by atoms with Gasteiger partial charge in [-0.1, -0.05) is 6.92 Å². The number of fused-ring (bicyclic) bond motifs is 5. The van der Waals surface area contributed by atoms with Crippen LogP contribution in [0.4, 0.5) is 9.59 Å². The first-order chi connectivity index (χ1) is 20.9. The summed E-state index contributed by atoms with van der Waals surface area (Å²) in [5, 5.41) is 21.1. The van der Waals surface area contributed by atoms with Gasteiger partial charge in [0.05, 0.1) is 29.0 Å². The fraction of sp³-hybridized carbons (Fsp3) is 0.452. The van der Waals surface area contributed by atoms with Crippen molar-refractivity contribution < 1.29 is 34.1 Å². The first-order valence-corrected chi connectivity index (χ1v) is 14.6. The second-order valence-electron chi connectivity index (χ2n) is 11.9. The molecule has 0 unspecified atom stereocenters. The van der Waals surface area contributed by atoms with Crippen LogP contribution in [0.5, 0.6) is 5.75 Å². The molecule has 232 valence electrons. The monoisotopic (exact) mass is 605 g/mol. The van der Waals surface area contributed by atoms with Gasteiger partial charge in [0.2, 0.25) is 0 Å². The summed E-state index contributed by atoms with van der Waals surface area (Å²) in [6.45, 7) is 2.87. The third kappa shape index (κ3) is 4.76. The molecule has 0 aliphatic carbocycles.